The second-order valence-electron chi connectivity index (χ2n) is 6.70. The Bertz CT molecular complexity index is 774. The number of benzene rings is 1. The largest absolute Gasteiger partial charge is 0.381 e. The van der Waals surface area contributed by atoms with Gasteiger partial charge in [-0.15, -0.1) is 0 Å². The van der Waals surface area contributed by atoms with Crippen molar-refractivity contribution in [2.24, 2.45) is 10.9 Å². The van der Waals surface area contributed by atoms with E-state index >= 15 is 0 Å². The van der Waals surface area contributed by atoms with E-state index in [0.29, 0.717) is 19.0 Å². The van der Waals surface area contributed by atoms with E-state index in [2.05, 4.69) is 20.6 Å². The molecular weight excluding hydrogens is 358 g/mol. The van der Waals surface area contributed by atoms with E-state index in [0.717, 1.165) is 49.8 Å². The predicted octanol–water partition coefficient (Wildman–Crippen LogP) is 2.30. The van der Waals surface area contributed by atoms with E-state index in [1.54, 1.807) is 18.3 Å². The Morgan fingerprint density at radius 3 is 2.79 bits per heavy atom. The first-order valence-corrected chi connectivity index (χ1v) is 9.44. The first-order chi connectivity index (χ1) is 13.7. The van der Waals surface area contributed by atoms with E-state index in [-0.39, 0.29) is 5.69 Å². The zero-order valence-corrected chi connectivity index (χ0v) is 15.7. The smallest absolute Gasteiger partial charge is 0.269 e. The molecule has 0 saturated carbocycles. The van der Waals surface area contributed by atoms with Crippen LogP contribution in [-0.2, 0) is 17.7 Å². The maximum atomic E-state index is 10.8. The van der Waals surface area contributed by atoms with Crippen LogP contribution in [-0.4, -0.2) is 42.2 Å². The number of aromatic nitrogens is 1. The van der Waals surface area contributed by atoms with E-state index in [1.807, 2.05) is 18.2 Å². The van der Waals surface area contributed by atoms with Crippen molar-refractivity contribution in [3.63, 3.8) is 0 Å². The molecule has 0 aliphatic carbocycles. The van der Waals surface area contributed by atoms with Gasteiger partial charge in [0.1, 0.15) is 0 Å². The number of nitrogens with one attached hydrogen (secondary N) is 2. The second kappa shape index (κ2) is 10.4. The molecule has 1 saturated heterocycles. The van der Waals surface area contributed by atoms with Gasteiger partial charge in [-0.1, -0.05) is 18.2 Å². The van der Waals surface area contributed by atoms with Gasteiger partial charge in [-0.05, 0) is 24.1 Å². The number of hydrogen-bond acceptors (Lipinski definition) is 5. The molecule has 1 atom stereocenters. The second-order valence-corrected chi connectivity index (χ2v) is 6.70. The number of nitro groups is 1. The van der Waals surface area contributed by atoms with Gasteiger partial charge < -0.3 is 15.4 Å². The SMILES string of the molecule is O=[N+]([O-])c1ccc(CN=C(NCCc2ccccn2)NCC2CCOC2)cc1. The molecule has 1 unspecified atom stereocenters. The average Bonchev–Trinajstić information content (AvgIpc) is 3.24. The lowest BCUT2D eigenvalue weighted by Gasteiger charge is -2.15. The highest BCUT2D eigenvalue weighted by Gasteiger charge is 2.15. The number of nitro benzene ring substituents is 1. The lowest BCUT2D eigenvalue weighted by molar-refractivity contribution is -0.384. The summed E-state index contributed by atoms with van der Waals surface area (Å²) in [4.78, 5) is 19.3. The molecular formula is C20H25N5O3. The van der Waals surface area contributed by atoms with Crippen LogP contribution in [0.3, 0.4) is 0 Å². The molecule has 28 heavy (non-hydrogen) atoms. The fourth-order valence-corrected chi connectivity index (χ4v) is 2.91. The number of aliphatic imine (C=N–C) groups is 1. The summed E-state index contributed by atoms with van der Waals surface area (Å²) >= 11 is 0. The van der Waals surface area contributed by atoms with Crippen LogP contribution >= 0.6 is 0 Å². The molecule has 0 radical (unpaired) electrons. The minimum atomic E-state index is -0.400. The fourth-order valence-electron chi connectivity index (χ4n) is 2.91. The van der Waals surface area contributed by atoms with Crippen LogP contribution in [0.4, 0.5) is 5.69 Å². The summed E-state index contributed by atoms with van der Waals surface area (Å²) in [6.45, 7) is 3.54. The third-order valence-corrected chi connectivity index (χ3v) is 4.55. The topological polar surface area (TPSA) is 102 Å². The van der Waals surface area contributed by atoms with Gasteiger partial charge in [-0.2, -0.15) is 0 Å². The number of guanidine groups is 1. The third-order valence-electron chi connectivity index (χ3n) is 4.55. The van der Waals surface area contributed by atoms with Crippen LogP contribution in [0.5, 0.6) is 0 Å². The molecule has 0 spiro atoms. The summed E-state index contributed by atoms with van der Waals surface area (Å²) < 4.78 is 5.42. The first kappa shape index (κ1) is 19.8. The van der Waals surface area contributed by atoms with Gasteiger partial charge in [-0.3, -0.25) is 15.1 Å². The quantitative estimate of drug-likeness (QED) is 0.314. The van der Waals surface area contributed by atoms with Crippen molar-refractivity contribution in [1.29, 1.82) is 0 Å². The van der Waals surface area contributed by atoms with Crippen molar-refractivity contribution in [2.45, 2.75) is 19.4 Å². The summed E-state index contributed by atoms with van der Waals surface area (Å²) in [7, 11) is 0. The molecule has 2 heterocycles. The highest BCUT2D eigenvalue weighted by Crippen LogP contribution is 2.13. The van der Waals surface area contributed by atoms with Gasteiger partial charge >= 0.3 is 0 Å². The van der Waals surface area contributed by atoms with E-state index in [4.69, 9.17) is 4.74 Å². The lowest BCUT2D eigenvalue weighted by atomic mass is 10.1. The molecule has 8 nitrogen and oxygen atoms in total. The highest BCUT2D eigenvalue weighted by molar-refractivity contribution is 5.79. The summed E-state index contributed by atoms with van der Waals surface area (Å²) in [6, 6.07) is 12.3. The Labute approximate surface area is 164 Å². The molecule has 0 amide bonds. The summed E-state index contributed by atoms with van der Waals surface area (Å²) in [6.07, 6.45) is 3.64. The Morgan fingerprint density at radius 2 is 2.11 bits per heavy atom. The molecule has 148 valence electrons. The number of nitrogens with zero attached hydrogens (tertiary/aromatic N) is 3. The lowest BCUT2D eigenvalue weighted by Crippen LogP contribution is -2.41. The molecule has 2 N–H and O–H groups in total. The Balaban J connectivity index is 1.56. The monoisotopic (exact) mass is 383 g/mol. The van der Waals surface area contributed by atoms with E-state index in [9.17, 15) is 10.1 Å². The van der Waals surface area contributed by atoms with Gasteiger partial charge in [-0.25, -0.2) is 4.99 Å². The van der Waals surface area contributed by atoms with Crippen LogP contribution < -0.4 is 10.6 Å². The van der Waals surface area contributed by atoms with Gasteiger partial charge in [0.15, 0.2) is 5.96 Å². The predicted molar refractivity (Wildman–Crippen MR) is 107 cm³/mol. The summed E-state index contributed by atoms with van der Waals surface area (Å²) in [5.74, 6) is 1.21. The van der Waals surface area contributed by atoms with Crippen LogP contribution in [0.15, 0.2) is 53.7 Å². The standard InChI is InChI=1S/C20H25N5O3/c26-25(27)19-6-4-16(5-7-19)13-23-20(24-14-17-9-12-28-15-17)22-11-8-18-3-1-2-10-21-18/h1-7,10,17H,8-9,11-15H2,(H2,22,23,24). The Morgan fingerprint density at radius 1 is 1.25 bits per heavy atom. The van der Waals surface area contributed by atoms with Gasteiger partial charge in [0.25, 0.3) is 5.69 Å². The molecule has 1 aliphatic heterocycles. The zero-order chi connectivity index (χ0) is 19.6. The maximum Gasteiger partial charge on any atom is 0.269 e. The molecule has 3 rings (SSSR count). The number of pyridine rings is 1. The van der Waals surface area contributed by atoms with Crippen LogP contribution in [0.1, 0.15) is 17.7 Å². The first-order valence-electron chi connectivity index (χ1n) is 9.44. The number of hydrogen-bond donors (Lipinski definition) is 2. The van der Waals surface area contributed by atoms with Crippen molar-refractivity contribution < 1.29 is 9.66 Å². The van der Waals surface area contributed by atoms with Crippen molar-refractivity contribution in [3.05, 3.63) is 70.0 Å². The zero-order valence-electron chi connectivity index (χ0n) is 15.7. The Hall–Kier alpha value is -3.00. The molecule has 2 aromatic rings. The molecule has 1 aromatic carbocycles. The minimum absolute atomic E-state index is 0.0841. The molecule has 1 fully saturated rings. The maximum absolute atomic E-state index is 10.8. The van der Waals surface area contributed by atoms with E-state index in [1.165, 1.54) is 12.1 Å². The van der Waals surface area contributed by atoms with Gasteiger partial charge in [0.05, 0.1) is 18.1 Å². The van der Waals surface area contributed by atoms with E-state index < -0.39 is 4.92 Å². The van der Waals surface area contributed by atoms with Crippen molar-refractivity contribution in [3.8, 4) is 0 Å². The number of ether oxygens (including phenoxy) is 1. The fraction of sp³-hybridized carbons (Fsp3) is 0.400. The molecule has 8 heteroatoms. The normalized spacial score (nSPS) is 16.7. The average molecular weight is 383 g/mol. The van der Waals surface area contributed by atoms with Crippen molar-refractivity contribution in [1.82, 2.24) is 15.6 Å². The molecule has 1 aromatic heterocycles. The third kappa shape index (κ3) is 6.31. The molecule has 0 bridgehead atoms. The number of rotatable bonds is 8. The summed E-state index contributed by atoms with van der Waals surface area (Å²) in [5, 5.41) is 17.5. The van der Waals surface area contributed by atoms with Crippen molar-refractivity contribution in [2.75, 3.05) is 26.3 Å². The summed E-state index contributed by atoms with van der Waals surface area (Å²) in [5.41, 5.74) is 2.02. The molecule has 1 aliphatic rings. The highest BCUT2D eigenvalue weighted by atomic mass is 16.6. The Kier molecular flexibility index (Phi) is 7.31. The van der Waals surface area contributed by atoms with Gasteiger partial charge in [0, 0.05) is 56.1 Å². The van der Waals surface area contributed by atoms with Crippen molar-refractivity contribution >= 4 is 11.6 Å². The number of non-ortho nitro benzene ring substituents is 1. The van der Waals surface area contributed by atoms with Crippen LogP contribution in [0.2, 0.25) is 0 Å². The van der Waals surface area contributed by atoms with Crippen LogP contribution in [0.25, 0.3) is 0 Å². The minimum Gasteiger partial charge on any atom is -0.381 e. The van der Waals surface area contributed by atoms with Gasteiger partial charge in [0.2, 0.25) is 0 Å². The van der Waals surface area contributed by atoms with Crippen LogP contribution in [0, 0.1) is 16.0 Å².